The highest BCUT2D eigenvalue weighted by Gasteiger charge is 2.01. The van der Waals surface area contributed by atoms with Crippen molar-refractivity contribution in [3.05, 3.63) is 0 Å². The van der Waals surface area contributed by atoms with Gasteiger partial charge in [0.25, 0.3) is 0 Å². The lowest BCUT2D eigenvalue weighted by Crippen LogP contribution is -2.23. The number of carbonyl (C=O) groups is 2. The van der Waals surface area contributed by atoms with Crippen molar-refractivity contribution in [3.63, 3.8) is 0 Å². The third-order valence-corrected chi connectivity index (χ3v) is 1.29. The van der Waals surface area contributed by atoms with E-state index in [1.807, 2.05) is 0 Å². The molecule has 0 saturated carbocycles. The lowest BCUT2D eigenvalue weighted by molar-refractivity contribution is -0.128. The summed E-state index contributed by atoms with van der Waals surface area (Å²) < 4.78 is 0. The minimum atomic E-state index is 0.0951. The number of nitrogens with zero attached hydrogens (tertiary/aromatic N) is 1. The zero-order chi connectivity index (χ0) is 8.69. The van der Waals surface area contributed by atoms with E-state index < -0.39 is 0 Å². The van der Waals surface area contributed by atoms with Crippen LogP contribution in [0.3, 0.4) is 0 Å². The average Bonchev–Trinajstić information content (AvgIpc) is 1.97. The average molecular weight is 158 g/mol. The Kier molecular flexibility index (Phi) is 5.15. The molecule has 4 nitrogen and oxygen atoms in total. The van der Waals surface area contributed by atoms with E-state index in [0.29, 0.717) is 25.8 Å². The Morgan fingerprint density at radius 1 is 1.55 bits per heavy atom. The molecule has 2 amide bonds. The summed E-state index contributed by atoms with van der Waals surface area (Å²) in [5.74, 6) is 0.0951. The fourth-order valence-corrected chi connectivity index (χ4v) is 0.624. The Hall–Kier alpha value is -1.06. The fourth-order valence-electron chi connectivity index (χ4n) is 0.624. The standard InChI is InChI=1S/C7H14N2O2/c1-9(2)7(11)4-3-5-8-6-10/h6H,3-5H2,1-2H3,(H,8,10). The van der Waals surface area contributed by atoms with Crippen molar-refractivity contribution in [3.8, 4) is 0 Å². The number of nitrogens with one attached hydrogen (secondary N) is 1. The monoisotopic (exact) mass is 158 g/mol. The van der Waals surface area contributed by atoms with Gasteiger partial charge in [-0.15, -0.1) is 0 Å². The summed E-state index contributed by atoms with van der Waals surface area (Å²) in [5, 5.41) is 2.49. The maximum Gasteiger partial charge on any atom is 0.222 e. The number of hydrogen-bond acceptors (Lipinski definition) is 2. The molecule has 0 aromatic carbocycles. The first-order valence-corrected chi connectivity index (χ1v) is 3.55. The van der Waals surface area contributed by atoms with E-state index in [-0.39, 0.29) is 5.91 Å². The lowest BCUT2D eigenvalue weighted by Gasteiger charge is -2.08. The molecule has 0 atom stereocenters. The minimum Gasteiger partial charge on any atom is -0.359 e. The molecule has 11 heavy (non-hydrogen) atoms. The van der Waals surface area contributed by atoms with E-state index in [1.165, 1.54) is 0 Å². The molecular formula is C7H14N2O2. The van der Waals surface area contributed by atoms with Crippen LogP contribution >= 0.6 is 0 Å². The summed E-state index contributed by atoms with van der Waals surface area (Å²) in [6, 6.07) is 0. The van der Waals surface area contributed by atoms with Gasteiger partial charge in [0.1, 0.15) is 0 Å². The van der Waals surface area contributed by atoms with Crippen LogP contribution < -0.4 is 5.32 Å². The van der Waals surface area contributed by atoms with Gasteiger partial charge in [0.2, 0.25) is 12.3 Å². The molecule has 64 valence electrons. The lowest BCUT2D eigenvalue weighted by atomic mass is 10.3. The minimum absolute atomic E-state index is 0.0951. The number of amides is 2. The Morgan fingerprint density at radius 2 is 2.18 bits per heavy atom. The second-order valence-corrected chi connectivity index (χ2v) is 2.46. The molecule has 0 rings (SSSR count). The topological polar surface area (TPSA) is 49.4 Å². The van der Waals surface area contributed by atoms with Crippen LogP contribution in [0.4, 0.5) is 0 Å². The van der Waals surface area contributed by atoms with Gasteiger partial charge in [0, 0.05) is 27.1 Å². The van der Waals surface area contributed by atoms with Gasteiger partial charge in [-0.25, -0.2) is 0 Å². The van der Waals surface area contributed by atoms with Gasteiger partial charge in [0.15, 0.2) is 0 Å². The largest absolute Gasteiger partial charge is 0.359 e. The van der Waals surface area contributed by atoms with Crippen LogP contribution in [0.25, 0.3) is 0 Å². The summed E-state index contributed by atoms with van der Waals surface area (Å²) in [5.41, 5.74) is 0. The molecule has 0 fully saturated rings. The van der Waals surface area contributed by atoms with Crippen LogP contribution in [0, 0.1) is 0 Å². The van der Waals surface area contributed by atoms with Crippen LogP contribution in [0.5, 0.6) is 0 Å². The molecule has 0 aliphatic carbocycles. The highest BCUT2D eigenvalue weighted by atomic mass is 16.2. The second-order valence-electron chi connectivity index (χ2n) is 2.46. The summed E-state index contributed by atoms with van der Waals surface area (Å²) in [6.45, 7) is 0.572. The Morgan fingerprint density at radius 3 is 2.64 bits per heavy atom. The quantitative estimate of drug-likeness (QED) is 0.437. The molecule has 1 N–H and O–H groups in total. The van der Waals surface area contributed by atoms with E-state index in [9.17, 15) is 9.59 Å². The Labute approximate surface area is 66.6 Å². The fraction of sp³-hybridized carbons (Fsp3) is 0.714. The van der Waals surface area contributed by atoms with Gasteiger partial charge in [-0.05, 0) is 6.42 Å². The first-order valence-electron chi connectivity index (χ1n) is 3.55. The van der Waals surface area contributed by atoms with Gasteiger partial charge in [-0.2, -0.15) is 0 Å². The Balaban J connectivity index is 3.24. The third-order valence-electron chi connectivity index (χ3n) is 1.29. The van der Waals surface area contributed by atoms with Gasteiger partial charge in [-0.1, -0.05) is 0 Å². The molecule has 0 aromatic heterocycles. The van der Waals surface area contributed by atoms with E-state index >= 15 is 0 Å². The summed E-state index contributed by atoms with van der Waals surface area (Å²) >= 11 is 0. The molecule has 4 heteroatoms. The van der Waals surface area contributed by atoms with Gasteiger partial charge < -0.3 is 10.2 Å². The van der Waals surface area contributed by atoms with E-state index in [0.717, 1.165) is 0 Å². The van der Waals surface area contributed by atoms with Crippen molar-refractivity contribution in [2.75, 3.05) is 20.6 Å². The molecule has 0 radical (unpaired) electrons. The third kappa shape index (κ3) is 5.39. The Bertz CT molecular complexity index is 134. The van der Waals surface area contributed by atoms with Crippen molar-refractivity contribution >= 4 is 12.3 Å². The number of carbonyl (C=O) groups excluding carboxylic acids is 2. The van der Waals surface area contributed by atoms with Crippen molar-refractivity contribution in [1.82, 2.24) is 10.2 Å². The molecule has 0 aliphatic heterocycles. The predicted octanol–water partition coefficient (Wildman–Crippen LogP) is -0.399. The molecule has 0 aliphatic rings. The number of hydrogen-bond donors (Lipinski definition) is 1. The summed E-state index contributed by atoms with van der Waals surface area (Å²) in [4.78, 5) is 22.2. The molecule has 0 unspecified atom stereocenters. The highest BCUT2D eigenvalue weighted by Crippen LogP contribution is 1.90. The van der Waals surface area contributed by atoms with Gasteiger partial charge >= 0.3 is 0 Å². The summed E-state index contributed by atoms with van der Waals surface area (Å²) in [6.07, 6.45) is 1.84. The molecule has 0 aromatic rings. The van der Waals surface area contributed by atoms with Crippen molar-refractivity contribution in [2.45, 2.75) is 12.8 Å². The predicted molar refractivity (Wildman–Crippen MR) is 42.0 cm³/mol. The van der Waals surface area contributed by atoms with Crippen LogP contribution in [-0.4, -0.2) is 37.9 Å². The van der Waals surface area contributed by atoms with Crippen LogP contribution in [0.15, 0.2) is 0 Å². The molecule has 0 saturated heterocycles. The van der Waals surface area contributed by atoms with Crippen molar-refractivity contribution in [2.24, 2.45) is 0 Å². The molecular weight excluding hydrogens is 144 g/mol. The van der Waals surface area contributed by atoms with Crippen LogP contribution in [0.2, 0.25) is 0 Å². The SMILES string of the molecule is CN(C)C(=O)CCCNC=O. The highest BCUT2D eigenvalue weighted by molar-refractivity contribution is 5.75. The van der Waals surface area contributed by atoms with E-state index in [4.69, 9.17) is 0 Å². The van der Waals surface area contributed by atoms with Crippen molar-refractivity contribution < 1.29 is 9.59 Å². The van der Waals surface area contributed by atoms with Crippen LogP contribution in [0.1, 0.15) is 12.8 Å². The second kappa shape index (κ2) is 5.70. The molecule has 0 spiro atoms. The number of rotatable bonds is 5. The normalized spacial score (nSPS) is 8.91. The van der Waals surface area contributed by atoms with Crippen molar-refractivity contribution in [1.29, 1.82) is 0 Å². The van der Waals surface area contributed by atoms with E-state index in [2.05, 4.69) is 5.32 Å². The van der Waals surface area contributed by atoms with Gasteiger partial charge in [0.05, 0.1) is 0 Å². The maximum atomic E-state index is 10.9. The van der Waals surface area contributed by atoms with Gasteiger partial charge in [-0.3, -0.25) is 9.59 Å². The molecule has 0 bridgehead atoms. The first kappa shape index (κ1) is 9.94. The molecule has 0 heterocycles. The van der Waals surface area contributed by atoms with Crippen LogP contribution in [-0.2, 0) is 9.59 Å². The zero-order valence-electron chi connectivity index (χ0n) is 6.96. The maximum absolute atomic E-state index is 10.9. The summed E-state index contributed by atoms with van der Waals surface area (Å²) in [7, 11) is 3.44. The van der Waals surface area contributed by atoms with E-state index in [1.54, 1.807) is 19.0 Å². The first-order chi connectivity index (χ1) is 5.18. The smallest absolute Gasteiger partial charge is 0.222 e. The zero-order valence-corrected chi connectivity index (χ0v) is 6.96.